The van der Waals surface area contributed by atoms with Gasteiger partial charge in [-0.1, -0.05) is 34.1 Å². The summed E-state index contributed by atoms with van der Waals surface area (Å²) < 4.78 is 1.12. The Morgan fingerprint density at radius 1 is 1.44 bits per heavy atom. The smallest absolute Gasteiger partial charge is 0.0869 e. The Kier molecular flexibility index (Phi) is 4.30. The largest absolute Gasteiger partial charge is 0.388 e. The van der Waals surface area contributed by atoms with Crippen molar-refractivity contribution in [2.75, 3.05) is 18.1 Å². The van der Waals surface area contributed by atoms with E-state index in [1.165, 1.54) is 5.56 Å². The molecule has 0 radical (unpaired) electrons. The maximum atomic E-state index is 10.1. The summed E-state index contributed by atoms with van der Waals surface area (Å²) >= 11 is 5.35. The molecule has 0 spiro atoms. The lowest BCUT2D eigenvalue weighted by molar-refractivity contribution is 0.0674. The minimum absolute atomic E-state index is 0.494. The summed E-state index contributed by atoms with van der Waals surface area (Å²) in [5.74, 6) is 1.93. The molecule has 88 valence electrons. The number of hydrogen-bond donors (Lipinski definition) is 2. The Hall–Kier alpha value is -0.0300. The molecule has 2 nitrogen and oxygen atoms in total. The lowest BCUT2D eigenvalue weighted by Crippen LogP contribution is -2.40. The van der Waals surface area contributed by atoms with Gasteiger partial charge in [-0.25, -0.2) is 0 Å². The quantitative estimate of drug-likeness (QED) is 0.896. The number of halogens is 1. The van der Waals surface area contributed by atoms with E-state index in [0.29, 0.717) is 6.54 Å². The van der Waals surface area contributed by atoms with E-state index in [1.807, 2.05) is 30.0 Å². The van der Waals surface area contributed by atoms with E-state index in [9.17, 15) is 5.11 Å². The van der Waals surface area contributed by atoms with Gasteiger partial charge in [0.15, 0.2) is 0 Å². The van der Waals surface area contributed by atoms with Gasteiger partial charge in [0, 0.05) is 23.3 Å². The standard InChI is InChI=1S/C12H16BrNOS/c13-11-4-2-1-3-10(11)7-14-8-12(15)5-6-16-9-12/h1-4,14-15H,5-9H2. The van der Waals surface area contributed by atoms with Crippen LogP contribution in [0.2, 0.25) is 0 Å². The van der Waals surface area contributed by atoms with Crippen molar-refractivity contribution < 1.29 is 5.11 Å². The van der Waals surface area contributed by atoms with Gasteiger partial charge in [-0.05, 0) is 23.8 Å². The maximum absolute atomic E-state index is 10.1. The van der Waals surface area contributed by atoms with Gasteiger partial charge >= 0.3 is 0 Å². The summed E-state index contributed by atoms with van der Waals surface area (Å²) in [7, 11) is 0. The van der Waals surface area contributed by atoms with Crippen LogP contribution in [0.1, 0.15) is 12.0 Å². The molecular formula is C12H16BrNOS. The summed E-state index contributed by atoms with van der Waals surface area (Å²) in [6.07, 6.45) is 0.903. The van der Waals surface area contributed by atoms with Gasteiger partial charge in [0.2, 0.25) is 0 Å². The van der Waals surface area contributed by atoms with Crippen molar-refractivity contribution in [3.63, 3.8) is 0 Å². The normalized spacial score (nSPS) is 24.9. The number of benzene rings is 1. The maximum Gasteiger partial charge on any atom is 0.0869 e. The van der Waals surface area contributed by atoms with E-state index in [2.05, 4.69) is 27.3 Å². The monoisotopic (exact) mass is 301 g/mol. The molecule has 1 heterocycles. The van der Waals surface area contributed by atoms with Crippen molar-refractivity contribution >= 4 is 27.7 Å². The molecule has 2 N–H and O–H groups in total. The highest BCUT2D eigenvalue weighted by Crippen LogP contribution is 2.27. The summed E-state index contributed by atoms with van der Waals surface area (Å²) in [6, 6.07) is 8.16. The molecule has 1 unspecified atom stereocenters. The highest BCUT2D eigenvalue weighted by molar-refractivity contribution is 9.10. The fourth-order valence-corrected chi connectivity index (χ4v) is 3.53. The Morgan fingerprint density at radius 3 is 2.94 bits per heavy atom. The third-order valence-corrected chi connectivity index (χ3v) is 4.82. The zero-order valence-electron chi connectivity index (χ0n) is 9.08. The summed E-state index contributed by atoms with van der Waals surface area (Å²) in [5.41, 5.74) is 0.739. The molecule has 0 amide bonds. The van der Waals surface area contributed by atoms with Gasteiger partial charge < -0.3 is 10.4 Å². The molecule has 2 rings (SSSR count). The molecule has 1 aliphatic heterocycles. The molecule has 1 aliphatic rings. The predicted molar refractivity (Wildman–Crippen MR) is 72.7 cm³/mol. The molecule has 4 heteroatoms. The number of thioether (sulfide) groups is 1. The summed E-state index contributed by atoms with van der Waals surface area (Å²) in [4.78, 5) is 0. The first-order valence-corrected chi connectivity index (χ1v) is 7.39. The fourth-order valence-electron chi connectivity index (χ4n) is 1.81. The topological polar surface area (TPSA) is 32.3 Å². The Balaban J connectivity index is 1.82. The molecule has 0 aromatic heterocycles. The first-order chi connectivity index (χ1) is 7.70. The fraction of sp³-hybridized carbons (Fsp3) is 0.500. The molecular weight excluding hydrogens is 286 g/mol. The van der Waals surface area contributed by atoms with Crippen LogP contribution in [0.15, 0.2) is 28.7 Å². The van der Waals surface area contributed by atoms with Crippen LogP contribution < -0.4 is 5.32 Å². The van der Waals surface area contributed by atoms with Crippen LogP contribution in [0.25, 0.3) is 0 Å². The molecule has 1 saturated heterocycles. The number of nitrogens with one attached hydrogen (secondary N) is 1. The zero-order chi connectivity index (χ0) is 11.4. The first kappa shape index (κ1) is 12.4. The Labute approximate surface area is 109 Å². The highest BCUT2D eigenvalue weighted by Gasteiger charge is 2.30. The number of rotatable bonds is 4. The molecule has 1 aromatic carbocycles. The lowest BCUT2D eigenvalue weighted by Gasteiger charge is -2.21. The van der Waals surface area contributed by atoms with Crippen molar-refractivity contribution in [3.05, 3.63) is 34.3 Å². The van der Waals surface area contributed by atoms with Crippen LogP contribution in [-0.2, 0) is 6.54 Å². The van der Waals surface area contributed by atoms with E-state index < -0.39 is 5.60 Å². The second-order valence-electron chi connectivity index (χ2n) is 4.22. The van der Waals surface area contributed by atoms with Gasteiger partial charge in [-0.15, -0.1) is 0 Å². The highest BCUT2D eigenvalue weighted by atomic mass is 79.9. The molecule has 1 atom stereocenters. The van der Waals surface area contributed by atoms with Crippen molar-refractivity contribution in [1.29, 1.82) is 0 Å². The molecule has 1 fully saturated rings. The van der Waals surface area contributed by atoms with Gasteiger partial charge in [0.1, 0.15) is 0 Å². The van der Waals surface area contributed by atoms with Gasteiger partial charge in [0.05, 0.1) is 5.60 Å². The van der Waals surface area contributed by atoms with E-state index in [-0.39, 0.29) is 0 Å². The van der Waals surface area contributed by atoms with Crippen molar-refractivity contribution in [2.45, 2.75) is 18.6 Å². The Bertz CT molecular complexity index is 353. The number of hydrogen-bond acceptors (Lipinski definition) is 3. The van der Waals surface area contributed by atoms with E-state index in [0.717, 1.165) is 28.9 Å². The summed E-state index contributed by atoms with van der Waals surface area (Å²) in [6.45, 7) is 1.48. The predicted octanol–water partition coefficient (Wildman–Crippen LogP) is 2.41. The second kappa shape index (κ2) is 5.54. The third kappa shape index (κ3) is 3.23. The van der Waals surface area contributed by atoms with Crippen LogP contribution in [0.3, 0.4) is 0 Å². The van der Waals surface area contributed by atoms with E-state index in [4.69, 9.17) is 0 Å². The zero-order valence-corrected chi connectivity index (χ0v) is 11.5. The molecule has 0 saturated carbocycles. The second-order valence-corrected chi connectivity index (χ2v) is 6.18. The average Bonchev–Trinajstić information content (AvgIpc) is 2.68. The Morgan fingerprint density at radius 2 is 2.25 bits per heavy atom. The van der Waals surface area contributed by atoms with Crippen LogP contribution in [0, 0.1) is 0 Å². The minimum atomic E-state index is -0.494. The van der Waals surface area contributed by atoms with E-state index in [1.54, 1.807) is 0 Å². The van der Waals surface area contributed by atoms with Crippen LogP contribution in [0.4, 0.5) is 0 Å². The van der Waals surface area contributed by atoms with Crippen molar-refractivity contribution in [2.24, 2.45) is 0 Å². The molecule has 0 aliphatic carbocycles. The minimum Gasteiger partial charge on any atom is -0.388 e. The number of aliphatic hydroxyl groups is 1. The average molecular weight is 302 g/mol. The molecule has 16 heavy (non-hydrogen) atoms. The van der Waals surface area contributed by atoms with Gasteiger partial charge in [0.25, 0.3) is 0 Å². The molecule has 0 bridgehead atoms. The van der Waals surface area contributed by atoms with Crippen LogP contribution in [0.5, 0.6) is 0 Å². The van der Waals surface area contributed by atoms with E-state index >= 15 is 0 Å². The van der Waals surface area contributed by atoms with Gasteiger partial charge in [-0.2, -0.15) is 11.8 Å². The SMILES string of the molecule is OC1(CNCc2ccccc2Br)CCSC1. The lowest BCUT2D eigenvalue weighted by atomic mass is 10.0. The first-order valence-electron chi connectivity index (χ1n) is 5.44. The van der Waals surface area contributed by atoms with Crippen molar-refractivity contribution in [3.8, 4) is 0 Å². The molecule has 1 aromatic rings. The van der Waals surface area contributed by atoms with Gasteiger partial charge in [-0.3, -0.25) is 0 Å². The van der Waals surface area contributed by atoms with Crippen LogP contribution >= 0.6 is 27.7 Å². The van der Waals surface area contributed by atoms with Crippen LogP contribution in [-0.4, -0.2) is 28.8 Å². The third-order valence-electron chi connectivity index (χ3n) is 2.81. The summed E-state index contributed by atoms with van der Waals surface area (Å²) in [5, 5.41) is 13.5. The van der Waals surface area contributed by atoms with Crippen molar-refractivity contribution in [1.82, 2.24) is 5.32 Å².